The van der Waals surface area contributed by atoms with Gasteiger partial charge in [0.05, 0.1) is 11.7 Å². The lowest BCUT2D eigenvalue weighted by Crippen LogP contribution is -2.26. The van der Waals surface area contributed by atoms with Crippen LogP contribution in [0.1, 0.15) is 29.6 Å². The first-order valence-electron chi connectivity index (χ1n) is 8.27. The van der Waals surface area contributed by atoms with E-state index in [9.17, 15) is 18.0 Å². The molecule has 4 nitrogen and oxygen atoms in total. The van der Waals surface area contributed by atoms with Gasteiger partial charge < -0.3 is 14.8 Å². The molecule has 2 aromatic carbocycles. The van der Waals surface area contributed by atoms with Crippen LogP contribution in [0.15, 0.2) is 48.5 Å². The van der Waals surface area contributed by atoms with Gasteiger partial charge in [0.2, 0.25) is 0 Å². The van der Waals surface area contributed by atoms with E-state index in [1.54, 1.807) is 30.3 Å². The van der Waals surface area contributed by atoms with Crippen LogP contribution in [-0.4, -0.2) is 24.8 Å². The van der Waals surface area contributed by atoms with Crippen LogP contribution >= 0.6 is 0 Å². The molecule has 1 fully saturated rings. The predicted molar refractivity (Wildman–Crippen MR) is 90.7 cm³/mol. The van der Waals surface area contributed by atoms with Gasteiger partial charge in [0.1, 0.15) is 11.5 Å². The minimum atomic E-state index is -4.42. The SMILES string of the molecule is O=C(Nc1cccc(OCC(F)(F)F)c1)c1ccccc1OC1CCC1. The van der Waals surface area contributed by atoms with Crippen molar-refractivity contribution in [3.63, 3.8) is 0 Å². The smallest absolute Gasteiger partial charge is 0.422 e. The summed E-state index contributed by atoms with van der Waals surface area (Å²) in [5.41, 5.74) is 0.717. The van der Waals surface area contributed by atoms with E-state index >= 15 is 0 Å². The number of amides is 1. The van der Waals surface area contributed by atoms with E-state index < -0.39 is 18.7 Å². The summed E-state index contributed by atoms with van der Waals surface area (Å²) >= 11 is 0. The van der Waals surface area contributed by atoms with Gasteiger partial charge in [-0.05, 0) is 43.5 Å². The number of alkyl halides is 3. The van der Waals surface area contributed by atoms with Gasteiger partial charge in [-0.15, -0.1) is 0 Å². The number of nitrogens with one attached hydrogen (secondary N) is 1. The summed E-state index contributed by atoms with van der Waals surface area (Å²) < 4.78 is 47.3. The van der Waals surface area contributed by atoms with E-state index in [2.05, 4.69) is 5.32 Å². The zero-order chi connectivity index (χ0) is 18.6. The second kappa shape index (κ2) is 7.68. The summed E-state index contributed by atoms with van der Waals surface area (Å²) in [6, 6.07) is 12.7. The Bertz CT molecular complexity index is 773. The fourth-order valence-electron chi connectivity index (χ4n) is 2.45. The Morgan fingerprint density at radius 1 is 1.12 bits per heavy atom. The minimum absolute atomic E-state index is 0.0270. The van der Waals surface area contributed by atoms with Crippen molar-refractivity contribution in [1.82, 2.24) is 0 Å². The molecule has 0 bridgehead atoms. The molecule has 0 saturated heterocycles. The molecule has 1 saturated carbocycles. The van der Waals surface area contributed by atoms with Gasteiger partial charge in [-0.25, -0.2) is 0 Å². The molecule has 1 aliphatic rings. The molecule has 0 spiro atoms. The lowest BCUT2D eigenvalue weighted by atomic mass is 9.96. The van der Waals surface area contributed by atoms with Crippen LogP contribution in [0, 0.1) is 0 Å². The van der Waals surface area contributed by atoms with Crippen LogP contribution in [0.5, 0.6) is 11.5 Å². The Balaban J connectivity index is 1.68. The second-order valence-corrected chi connectivity index (χ2v) is 6.05. The van der Waals surface area contributed by atoms with Gasteiger partial charge in [-0.3, -0.25) is 4.79 Å². The quantitative estimate of drug-likeness (QED) is 0.799. The Kier molecular flexibility index (Phi) is 5.35. The zero-order valence-corrected chi connectivity index (χ0v) is 13.9. The van der Waals surface area contributed by atoms with Gasteiger partial charge in [-0.2, -0.15) is 13.2 Å². The van der Waals surface area contributed by atoms with Crippen LogP contribution in [0.2, 0.25) is 0 Å². The molecule has 1 aliphatic carbocycles. The third-order valence-electron chi connectivity index (χ3n) is 3.97. The maximum absolute atomic E-state index is 12.5. The molecule has 26 heavy (non-hydrogen) atoms. The highest BCUT2D eigenvalue weighted by atomic mass is 19.4. The van der Waals surface area contributed by atoms with Gasteiger partial charge in [0.15, 0.2) is 6.61 Å². The molecule has 0 unspecified atom stereocenters. The van der Waals surface area contributed by atoms with Gasteiger partial charge in [0.25, 0.3) is 5.91 Å². The van der Waals surface area contributed by atoms with Crippen molar-refractivity contribution in [2.45, 2.75) is 31.5 Å². The number of para-hydroxylation sites is 1. The molecule has 1 N–H and O–H groups in total. The van der Waals surface area contributed by atoms with Crippen LogP contribution < -0.4 is 14.8 Å². The van der Waals surface area contributed by atoms with Gasteiger partial charge >= 0.3 is 6.18 Å². The van der Waals surface area contributed by atoms with Crippen molar-refractivity contribution in [2.24, 2.45) is 0 Å². The second-order valence-electron chi connectivity index (χ2n) is 6.05. The lowest BCUT2D eigenvalue weighted by molar-refractivity contribution is -0.153. The number of anilines is 1. The summed E-state index contributed by atoms with van der Waals surface area (Å²) in [5, 5.41) is 2.67. The normalized spacial score (nSPS) is 14.4. The largest absolute Gasteiger partial charge is 0.490 e. The lowest BCUT2D eigenvalue weighted by Gasteiger charge is -2.27. The molecule has 0 radical (unpaired) electrons. The van der Waals surface area contributed by atoms with Gasteiger partial charge in [-0.1, -0.05) is 18.2 Å². The number of halogens is 3. The Morgan fingerprint density at radius 2 is 1.88 bits per heavy atom. The van der Waals surface area contributed by atoms with Crippen LogP contribution in [0.25, 0.3) is 0 Å². The highest BCUT2D eigenvalue weighted by Crippen LogP contribution is 2.28. The molecule has 0 atom stereocenters. The maximum Gasteiger partial charge on any atom is 0.422 e. The third-order valence-corrected chi connectivity index (χ3v) is 3.97. The predicted octanol–water partition coefficient (Wildman–Crippen LogP) is 4.81. The van der Waals surface area contributed by atoms with E-state index in [0.29, 0.717) is 17.0 Å². The summed E-state index contributed by atoms with van der Waals surface area (Å²) in [4.78, 5) is 12.5. The first-order chi connectivity index (χ1) is 12.4. The maximum atomic E-state index is 12.5. The summed E-state index contributed by atoms with van der Waals surface area (Å²) in [5.74, 6) is 0.131. The van der Waals surface area contributed by atoms with Crippen LogP contribution in [0.3, 0.4) is 0 Å². The molecule has 0 aromatic heterocycles. The fraction of sp³-hybridized carbons (Fsp3) is 0.316. The molecule has 0 heterocycles. The Morgan fingerprint density at radius 3 is 2.58 bits per heavy atom. The Hall–Kier alpha value is -2.70. The van der Waals surface area contributed by atoms with Crippen LogP contribution in [0.4, 0.5) is 18.9 Å². The first kappa shape index (κ1) is 18.1. The fourth-order valence-corrected chi connectivity index (χ4v) is 2.45. The molecular weight excluding hydrogens is 347 g/mol. The van der Waals surface area contributed by atoms with Crippen molar-refractivity contribution < 1.29 is 27.4 Å². The van der Waals surface area contributed by atoms with Crippen molar-refractivity contribution >= 4 is 11.6 Å². The summed E-state index contributed by atoms with van der Waals surface area (Å²) in [7, 11) is 0. The molecule has 7 heteroatoms. The monoisotopic (exact) mass is 365 g/mol. The zero-order valence-electron chi connectivity index (χ0n) is 13.9. The van der Waals surface area contributed by atoms with E-state index in [4.69, 9.17) is 9.47 Å². The number of carbonyl (C=O) groups is 1. The van der Waals surface area contributed by atoms with E-state index in [0.717, 1.165) is 19.3 Å². The van der Waals surface area contributed by atoms with Crippen molar-refractivity contribution in [3.8, 4) is 11.5 Å². The number of benzene rings is 2. The van der Waals surface area contributed by atoms with Crippen molar-refractivity contribution in [1.29, 1.82) is 0 Å². The minimum Gasteiger partial charge on any atom is -0.490 e. The topological polar surface area (TPSA) is 47.6 Å². The molecule has 2 aromatic rings. The molecule has 0 aliphatic heterocycles. The molecular formula is C19H18F3NO3. The summed E-state index contributed by atoms with van der Waals surface area (Å²) in [6.07, 6.45) is -1.24. The van der Waals surface area contributed by atoms with Crippen molar-refractivity contribution in [2.75, 3.05) is 11.9 Å². The number of ether oxygens (including phenoxy) is 2. The highest BCUT2D eigenvalue weighted by molar-refractivity contribution is 6.06. The van der Waals surface area contributed by atoms with E-state index in [-0.39, 0.29) is 11.9 Å². The summed E-state index contributed by atoms with van der Waals surface area (Å²) in [6.45, 7) is -1.39. The first-order valence-corrected chi connectivity index (χ1v) is 8.27. The average Bonchev–Trinajstić information content (AvgIpc) is 2.56. The number of hydrogen-bond donors (Lipinski definition) is 1. The third kappa shape index (κ3) is 4.91. The number of hydrogen-bond acceptors (Lipinski definition) is 3. The molecule has 3 rings (SSSR count). The molecule has 1 amide bonds. The van der Waals surface area contributed by atoms with Crippen LogP contribution in [-0.2, 0) is 0 Å². The van der Waals surface area contributed by atoms with E-state index in [1.807, 2.05) is 0 Å². The average molecular weight is 365 g/mol. The van der Waals surface area contributed by atoms with Gasteiger partial charge in [0, 0.05) is 11.8 Å². The highest BCUT2D eigenvalue weighted by Gasteiger charge is 2.28. The van der Waals surface area contributed by atoms with E-state index in [1.165, 1.54) is 18.2 Å². The van der Waals surface area contributed by atoms with Crippen molar-refractivity contribution in [3.05, 3.63) is 54.1 Å². The number of rotatable bonds is 6. The molecule has 138 valence electrons. The standard InChI is InChI=1S/C19H18F3NO3/c20-19(21,22)12-25-15-8-3-5-13(11-15)23-18(24)16-9-1-2-10-17(16)26-14-6-4-7-14/h1-3,5,8-11,14H,4,6-7,12H2,(H,23,24). The number of carbonyl (C=O) groups excluding carboxylic acids is 1. The Labute approximate surface area is 148 Å².